The Bertz CT molecular complexity index is 1390. The van der Waals surface area contributed by atoms with Crippen LogP contribution in [0.25, 0.3) is 22.4 Å². The summed E-state index contributed by atoms with van der Waals surface area (Å²) in [6, 6.07) is 22.8. The molecule has 0 spiro atoms. The minimum atomic E-state index is -0.557. The Morgan fingerprint density at radius 3 is 2.44 bits per heavy atom. The number of nitrogens with zero attached hydrogens (tertiary/aromatic N) is 3. The number of nitrogens with one attached hydrogen (secondary N) is 2. The van der Waals surface area contributed by atoms with Gasteiger partial charge in [-0.3, -0.25) is 9.78 Å². The predicted molar refractivity (Wildman–Crippen MR) is 123 cm³/mol. The van der Waals surface area contributed by atoms with Crippen LogP contribution in [0, 0.1) is 17.1 Å². The number of halogens is 2. The van der Waals surface area contributed by atoms with Crippen LogP contribution in [0.15, 0.2) is 82.7 Å². The number of aromatic amines is 1. The first kappa shape index (κ1) is 21.0. The van der Waals surface area contributed by atoms with Crippen LogP contribution in [-0.2, 0) is 0 Å². The Balaban J connectivity index is 1.53. The van der Waals surface area contributed by atoms with E-state index in [9.17, 15) is 14.4 Å². The second-order valence-corrected chi connectivity index (χ2v) is 7.14. The summed E-state index contributed by atoms with van der Waals surface area (Å²) in [5, 5.41) is 13.5. The van der Waals surface area contributed by atoms with Gasteiger partial charge in [0.25, 0.3) is 5.56 Å². The van der Waals surface area contributed by atoms with E-state index in [0.29, 0.717) is 11.1 Å². The molecule has 0 saturated carbocycles. The summed E-state index contributed by atoms with van der Waals surface area (Å²) in [5.74, 6) is -0.366. The minimum Gasteiger partial charge on any atom is -0.290 e. The zero-order valence-corrected chi connectivity index (χ0v) is 17.3. The second kappa shape index (κ2) is 9.25. The molecule has 0 aliphatic rings. The van der Waals surface area contributed by atoms with Crippen molar-refractivity contribution in [1.82, 2.24) is 9.97 Å². The van der Waals surface area contributed by atoms with E-state index >= 15 is 0 Å². The molecule has 156 valence electrons. The number of benzene rings is 3. The van der Waals surface area contributed by atoms with Crippen LogP contribution in [0.1, 0.15) is 11.1 Å². The standard InChI is InChI=1S/C24H15ClFN5O/c25-20-11-10-18(12-21(20)26)16-8-6-15(7-9-16)14-28-31-24-29-22(17-4-2-1-3-5-17)19(13-27)23(32)30-24/h1-12,14H,(H2,29,30,31,32). The number of aromatic nitrogens is 2. The number of H-pyrrole nitrogens is 1. The molecule has 8 heteroatoms. The lowest BCUT2D eigenvalue weighted by Gasteiger charge is -2.06. The van der Waals surface area contributed by atoms with E-state index in [4.69, 9.17) is 11.6 Å². The van der Waals surface area contributed by atoms with Gasteiger partial charge < -0.3 is 0 Å². The van der Waals surface area contributed by atoms with E-state index in [1.165, 1.54) is 12.1 Å². The maximum atomic E-state index is 13.7. The van der Waals surface area contributed by atoms with Gasteiger partial charge in [-0.25, -0.2) is 14.8 Å². The highest BCUT2D eigenvalue weighted by molar-refractivity contribution is 6.30. The van der Waals surface area contributed by atoms with Gasteiger partial charge in [-0.15, -0.1) is 0 Å². The summed E-state index contributed by atoms with van der Waals surface area (Å²) in [6.45, 7) is 0. The molecule has 4 rings (SSSR count). The molecule has 0 saturated heterocycles. The molecule has 0 aliphatic heterocycles. The van der Waals surface area contributed by atoms with Crippen molar-refractivity contribution in [2.45, 2.75) is 0 Å². The van der Waals surface area contributed by atoms with Gasteiger partial charge in [-0.05, 0) is 28.8 Å². The maximum Gasteiger partial charge on any atom is 0.270 e. The van der Waals surface area contributed by atoms with Crippen LogP contribution in [0.3, 0.4) is 0 Å². The zero-order valence-electron chi connectivity index (χ0n) is 16.5. The van der Waals surface area contributed by atoms with Crippen LogP contribution < -0.4 is 11.0 Å². The summed E-state index contributed by atoms with van der Waals surface area (Å²) in [5.41, 5.74) is 5.29. The molecule has 4 aromatic rings. The van der Waals surface area contributed by atoms with Gasteiger partial charge in [0.2, 0.25) is 5.95 Å². The summed E-state index contributed by atoms with van der Waals surface area (Å²) >= 11 is 5.73. The molecule has 32 heavy (non-hydrogen) atoms. The van der Waals surface area contributed by atoms with Crippen molar-refractivity contribution in [3.8, 4) is 28.5 Å². The molecule has 0 bridgehead atoms. The number of anilines is 1. The monoisotopic (exact) mass is 443 g/mol. The van der Waals surface area contributed by atoms with E-state index in [0.717, 1.165) is 11.1 Å². The van der Waals surface area contributed by atoms with Gasteiger partial charge in [0.15, 0.2) is 0 Å². The van der Waals surface area contributed by atoms with Gasteiger partial charge in [0.1, 0.15) is 17.4 Å². The normalized spacial score (nSPS) is 10.8. The highest BCUT2D eigenvalue weighted by Crippen LogP contribution is 2.24. The minimum absolute atomic E-state index is 0.0695. The molecular weight excluding hydrogens is 429 g/mol. The van der Waals surface area contributed by atoms with Crippen molar-refractivity contribution in [3.63, 3.8) is 0 Å². The second-order valence-electron chi connectivity index (χ2n) is 6.74. The Hall–Kier alpha value is -4.28. The molecular formula is C24H15ClFN5O. The third-order valence-electron chi connectivity index (χ3n) is 4.63. The van der Waals surface area contributed by atoms with Crippen LogP contribution in [0.5, 0.6) is 0 Å². The van der Waals surface area contributed by atoms with E-state index < -0.39 is 11.4 Å². The Labute approximate surface area is 187 Å². The van der Waals surface area contributed by atoms with Crippen molar-refractivity contribution >= 4 is 23.8 Å². The lowest BCUT2D eigenvalue weighted by molar-refractivity contribution is 0.629. The van der Waals surface area contributed by atoms with Gasteiger partial charge in [-0.2, -0.15) is 10.4 Å². The maximum absolute atomic E-state index is 13.7. The first-order valence-electron chi connectivity index (χ1n) is 9.49. The Kier molecular flexibility index (Phi) is 6.06. The summed E-state index contributed by atoms with van der Waals surface area (Å²) in [4.78, 5) is 19.1. The fraction of sp³-hybridized carbons (Fsp3) is 0. The molecule has 0 unspecified atom stereocenters. The lowest BCUT2D eigenvalue weighted by Crippen LogP contribution is -2.16. The first-order valence-corrected chi connectivity index (χ1v) is 9.87. The highest BCUT2D eigenvalue weighted by atomic mass is 35.5. The number of hydrazone groups is 1. The molecule has 1 heterocycles. The van der Waals surface area contributed by atoms with Crippen LogP contribution >= 0.6 is 11.6 Å². The van der Waals surface area contributed by atoms with Crippen LogP contribution in [-0.4, -0.2) is 16.2 Å². The average Bonchev–Trinajstić information content (AvgIpc) is 2.81. The number of rotatable bonds is 5. The number of nitriles is 1. The predicted octanol–water partition coefficient (Wildman–Crippen LogP) is 5.21. The van der Waals surface area contributed by atoms with Gasteiger partial charge >= 0.3 is 0 Å². The van der Waals surface area contributed by atoms with Crippen molar-refractivity contribution < 1.29 is 4.39 Å². The van der Waals surface area contributed by atoms with Crippen molar-refractivity contribution in [1.29, 1.82) is 5.26 Å². The Morgan fingerprint density at radius 2 is 1.75 bits per heavy atom. The third-order valence-corrected chi connectivity index (χ3v) is 4.93. The quantitative estimate of drug-likeness (QED) is 0.327. The van der Waals surface area contributed by atoms with Gasteiger partial charge in [-0.1, -0.05) is 72.3 Å². The Morgan fingerprint density at radius 1 is 1.03 bits per heavy atom. The van der Waals surface area contributed by atoms with E-state index in [-0.39, 0.29) is 22.2 Å². The van der Waals surface area contributed by atoms with E-state index in [1.807, 2.05) is 36.4 Å². The summed E-state index contributed by atoms with van der Waals surface area (Å²) < 4.78 is 13.7. The van der Waals surface area contributed by atoms with Crippen molar-refractivity contribution in [2.24, 2.45) is 5.10 Å². The van der Waals surface area contributed by atoms with E-state index in [1.54, 1.807) is 36.5 Å². The first-order chi connectivity index (χ1) is 15.5. The molecule has 6 nitrogen and oxygen atoms in total. The van der Waals surface area contributed by atoms with Crippen molar-refractivity contribution in [2.75, 3.05) is 5.43 Å². The summed E-state index contributed by atoms with van der Waals surface area (Å²) in [6.07, 6.45) is 1.55. The van der Waals surface area contributed by atoms with Crippen LogP contribution in [0.4, 0.5) is 10.3 Å². The smallest absolute Gasteiger partial charge is 0.270 e. The molecule has 0 aliphatic carbocycles. The molecule has 0 radical (unpaired) electrons. The zero-order chi connectivity index (χ0) is 22.5. The van der Waals surface area contributed by atoms with Gasteiger partial charge in [0, 0.05) is 5.56 Å². The molecule has 0 amide bonds. The third kappa shape index (κ3) is 4.56. The largest absolute Gasteiger partial charge is 0.290 e. The summed E-state index contributed by atoms with van der Waals surface area (Å²) in [7, 11) is 0. The highest BCUT2D eigenvalue weighted by Gasteiger charge is 2.12. The van der Waals surface area contributed by atoms with Crippen molar-refractivity contribution in [3.05, 3.63) is 105 Å². The lowest BCUT2D eigenvalue weighted by atomic mass is 10.0. The van der Waals surface area contributed by atoms with E-state index in [2.05, 4.69) is 20.5 Å². The van der Waals surface area contributed by atoms with Crippen LogP contribution in [0.2, 0.25) is 5.02 Å². The molecule has 0 fully saturated rings. The van der Waals surface area contributed by atoms with Gasteiger partial charge in [0.05, 0.1) is 16.9 Å². The number of hydrogen-bond donors (Lipinski definition) is 2. The molecule has 1 aromatic heterocycles. The average molecular weight is 444 g/mol. The number of hydrogen-bond acceptors (Lipinski definition) is 5. The fourth-order valence-electron chi connectivity index (χ4n) is 3.04. The molecule has 3 aromatic carbocycles. The molecule has 2 N–H and O–H groups in total. The fourth-order valence-corrected chi connectivity index (χ4v) is 3.16. The molecule has 0 atom stereocenters. The SMILES string of the molecule is N#Cc1c(-c2ccccc2)nc(NN=Cc2ccc(-c3ccc(Cl)c(F)c3)cc2)[nH]c1=O. The topological polar surface area (TPSA) is 93.9 Å².